The second-order valence-electron chi connectivity index (χ2n) is 3.99. The summed E-state index contributed by atoms with van der Waals surface area (Å²) in [5.74, 6) is 0.734. The molecule has 0 radical (unpaired) electrons. The van der Waals surface area contributed by atoms with Gasteiger partial charge in [0, 0.05) is 24.3 Å². The number of nitrogens with one attached hydrogen (secondary N) is 1. The van der Waals surface area contributed by atoms with E-state index in [-0.39, 0.29) is 11.9 Å². The van der Waals surface area contributed by atoms with E-state index in [1.165, 1.54) is 11.3 Å². The van der Waals surface area contributed by atoms with Crippen LogP contribution in [0.1, 0.15) is 30.8 Å². The maximum atomic E-state index is 11.7. The molecule has 3 N–H and O–H groups in total. The highest BCUT2D eigenvalue weighted by Crippen LogP contribution is 2.19. The van der Waals surface area contributed by atoms with Gasteiger partial charge in [-0.05, 0) is 19.1 Å². The fourth-order valence-electron chi connectivity index (χ4n) is 1.43. The molecule has 0 saturated heterocycles. The summed E-state index contributed by atoms with van der Waals surface area (Å²) >= 11 is 1.38. The first-order valence-electron chi connectivity index (χ1n) is 5.68. The van der Waals surface area contributed by atoms with Crippen molar-refractivity contribution in [1.29, 1.82) is 0 Å². The number of carbonyl (C=O) groups is 1. The van der Waals surface area contributed by atoms with Crippen LogP contribution >= 0.6 is 11.3 Å². The number of furan rings is 1. The molecular weight excluding hydrogens is 250 g/mol. The number of rotatable bonds is 5. The molecule has 6 heteroatoms. The van der Waals surface area contributed by atoms with E-state index >= 15 is 0 Å². The lowest BCUT2D eigenvalue weighted by molar-refractivity contribution is -0.116. The highest BCUT2D eigenvalue weighted by Gasteiger charge is 2.09. The first-order valence-corrected chi connectivity index (χ1v) is 6.56. The molecule has 96 valence electrons. The van der Waals surface area contributed by atoms with Gasteiger partial charge in [0.2, 0.25) is 5.91 Å². The Hall–Kier alpha value is -1.66. The molecule has 1 atom stereocenters. The van der Waals surface area contributed by atoms with Crippen LogP contribution in [-0.2, 0) is 11.2 Å². The van der Waals surface area contributed by atoms with Gasteiger partial charge < -0.3 is 15.5 Å². The highest BCUT2D eigenvalue weighted by molar-refractivity contribution is 7.13. The van der Waals surface area contributed by atoms with Crippen molar-refractivity contribution in [3.8, 4) is 0 Å². The third kappa shape index (κ3) is 3.41. The smallest absolute Gasteiger partial charge is 0.226 e. The van der Waals surface area contributed by atoms with E-state index in [0.717, 1.165) is 11.5 Å². The Balaban J connectivity index is 1.83. The topological polar surface area (TPSA) is 81.1 Å². The molecule has 1 unspecified atom stereocenters. The van der Waals surface area contributed by atoms with Crippen molar-refractivity contribution in [2.75, 3.05) is 5.32 Å². The molecule has 0 fully saturated rings. The van der Waals surface area contributed by atoms with Crippen LogP contribution in [0.3, 0.4) is 0 Å². The maximum absolute atomic E-state index is 11.7. The quantitative estimate of drug-likeness (QED) is 0.869. The molecule has 1 amide bonds. The molecular formula is C12H15N3O2S. The Bertz CT molecular complexity index is 505. The molecule has 0 bridgehead atoms. The summed E-state index contributed by atoms with van der Waals surface area (Å²) < 4.78 is 5.16. The lowest BCUT2D eigenvalue weighted by Crippen LogP contribution is -2.12. The van der Waals surface area contributed by atoms with Gasteiger partial charge in [0.25, 0.3) is 0 Å². The molecule has 0 saturated carbocycles. The van der Waals surface area contributed by atoms with E-state index in [1.54, 1.807) is 6.26 Å². The SMILES string of the molecule is CC(N)c1csc(NC(=O)CCc2ccco2)n1. The number of thiazole rings is 1. The largest absolute Gasteiger partial charge is 0.469 e. The minimum atomic E-state index is -0.116. The molecule has 0 aliphatic rings. The highest BCUT2D eigenvalue weighted by atomic mass is 32.1. The lowest BCUT2D eigenvalue weighted by Gasteiger charge is -2.01. The number of amides is 1. The van der Waals surface area contributed by atoms with Crippen LogP contribution in [0.25, 0.3) is 0 Å². The van der Waals surface area contributed by atoms with Gasteiger partial charge >= 0.3 is 0 Å². The Morgan fingerprint density at radius 2 is 2.50 bits per heavy atom. The second-order valence-corrected chi connectivity index (χ2v) is 4.85. The van der Waals surface area contributed by atoms with Crippen molar-refractivity contribution in [3.05, 3.63) is 35.2 Å². The van der Waals surface area contributed by atoms with Crippen molar-refractivity contribution in [1.82, 2.24) is 4.98 Å². The summed E-state index contributed by atoms with van der Waals surface area (Å²) in [4.78, 5) is 15.9. The van der Waals surface area contributed by atoms with E-state index in [0.29, 0.717) is 18.0 Å². The predicted octanol–water partition coefficient (Wildman–Crippen LogP) is 2.33. The first-order chi connectivity index (χ1) is 8.65. The van der Waals surface area contributed by atoms with Crippen molar-refractivity contribution >= 4 is 22.4 Å². The van der Waals surface area contributed by atoms with Crippen molar-refractivity contribution in [2.24, 2.45) is 5.73 Å². The zero-order chi connectivity index (χ0) is 13.0. The van der Waals surface area contributed by atoms with E-state index < -0.39 is 0 Å². The number of hydrogen-bond donors (Lipinski definition) is 2. The summed E-state index contributed by atoms with van der Waals surface area (Å²) in [6, 6.07) is 3.54. The number of aryl methyl sites for hydroxylation is 1. The second kappa shape index (κ2) is 5.79. The number of nitrogens with zero attached hydrogens (tertiary/aromatic N) is 1. The summed E-state index contributed by atoms with van der Waals surface area (Å²) in [5, 5.41) is 5.19. The number of hydrogen-bond acceptors (Lipinski definition) is 5. The predicted molar refractivity (Wildman–Crippen MR) is 70.4 cm³/mol. The molecule has 2 rings (SSSR count). The average molecular weight is 265 g/mol. The van der Waals surface area contributed by atoms with Gasteiger partial charge in [0.15, 0.2) is 5.13 Å². The van der Waals surface area contributed by atoms with Crippen LogP contribution in [0, 0.1) is 0 Å². The van der Waals surface area contributed by atoms with Crippen LogP contribution < -0.4 is 11.1 Å². The van der Waals surface area contributed by atoms with Gasteiger partial charge in [0.05, 0.1) is 12.0 Å². The number of anilines is 1. The zero-order valence-electron chi connectivity index (χ0n) is 10.1. The van der Waals surface area contributed by atoms with Crippen molar-refractivity contribution < 1.29 is 9.21 Å². The molecule has 0 aromatic carbocycles. The molecule has 0 aliphatic carbocycles. The molecule has 18 heavy (non-hydrogen) atoms. The molecule has 5 nitrogen and oxygen atoms in total. The Morgan fingerprint density at radius 1 is 1.67 bits per heavy atom. The first kappa shape index (κ1) is 12.8. The Kier molecular flexibility index (Phi) is 4.11. The fourth-order valence-corrected chi connectivity index (χ4v) is 2.26. The molecule has 0 aliphatic heterocycles. The summed E-state index contributed by atoms with van der Waals surface area (Å²) in [7, 11) is 0. The van der Waals surface area contributed by atoms with Crippen LogP contribution in [-0.4, -0.2) is 10.9 Å². The number of carbonyl (C=O) groups excluding carboxylic acids is 1. The van der Waals surface area contributed by atoms with Gasteiger partial charge in [0.1, 0.15) is 5.76 Å². The number of aromatic nitrogens is 1. The monoisotopic (exact) mass is 265 g/mol. The minimum absolute atomic E-state index is 0.0722. The van der Waals surface area contributed by atoms with Crippen molar-refractivity contribution in [2.45, 2.75) is 25.8 Å². The van der Waals surface area contributed by atoms with Crippen LogP contribution in [0.4, 0.5) is 5.13 Å². The van der Waals surface area contributed by atoms with Gasteiger partial charge in [-0.15, -0.1) is 11.3 Å². The minimum Gasteiger partial charge on any atom is -0.469 e. The van der Waals surface area contributed by atoms with Crippen LogP contribution in [0.15, 0.2) is 28.2 Å². The van der Waals surface area contributed by atoms with Crippen LogP contribution in [0.2, 0.25) is 0 Å². The van der Waals surface area contributed by atoms with Gasteiger partial charge in [-0.1, -0.05) is 0 Å². The van der Waals surface area contributed by atoms with E-state index in [4.69, 9.17) is 10.2 Å². The van der Waals surface area contributed by atoms with Gasteiger partial charge in [-0.25, -0.2) is 4.98 Å². The summed E-state index contributed by atoms with van der Waals surface area (Å²) in [6.07, 6.45) is 2.56. The van der Waals surface area contributed by atoms with E-state index in [9.17, 15) is 4.79 Å². The maximum Gasteiger partial charge on any atom is 0.226 e. The molecule has 2 aromatic heterocycles. The molecule has 0 spiro atoms. The average Bonchev–Trinajstić information content (AvgIpc) is 2.96. The fraction of sp³-hybridized carbons (Fsp3) is 0.333. The molecule has 2 heterocycles. The third-order valence-corrected chi connectivity index (χ3v) is 3.19. The third-order valence-electron chi connectivity index (χ3n) is 2.41. The van der Waals surface area contributed by atoms with E-state index in [1.807, 2.05) is 24.4 Å². The van der Waals surface area contributed by atoms with Crippen LogP contribution in [0.5, 0.6) is 0 Å². The Morgan fingerprint density at radius 3 is 3.11 bits per heavy atom. The van der Waals surface area contributed by atoms with E-state index in [2.05, 4.69) is 10.3 Å². The summed E-state index contributed by atoms with van der Waals surface area (Å²) in [5.41, 5.74) is 6.49. The summed E-state index contributed by atoms with van der Waals surface area (Å²) in [6.45, 7) is 1.86. The number of nitrogens with two attached hydrogens (primary N) is 1. The zero-order valence-corrected chi connectivity index (χ0v) is 10.9. The van der Waals surface area contributed by atoms with Crippen molar-refractivity contribution in [3.63, 3.8) is 0 Å². The van der Waals surface area contributed by atoms with Gasteiger partial charge in [-0.3, -0.25) is 4.79 Å². The Labute approximate surface area is 109 Å². The normalized spacial score (nSPS) is 12.3. The van der Waals surface area contributed by atoms with Gasteiger partial charge in [-0.2, -0.15) is 0 Å². The molecule has 2 aromatic rings. The lowest BCUT2D eigenvalue weighted by atomic mass is 10.2. The standard InChI is InChI=1S/C12H15N3O2S/c1-8(13)10-7-18-12(14-10)15-11(16)5-4-9-3-2-6-17-9/h2-3,6-8H,4-5,13H2,1H3,(H,14,15,16).